The van der Waals surface area contributed by atoms with Gasteiger partial charge in [-0.3, -0.25) is 0 Å². The van der Waals surface area contributed by atoms with Crippen LogP contribution in [0.3, 0.4) is 0 Å². The Bertz CT molecular complexity index is 395. The van der Waals surface area contributed by atoms with Crippen molar-refractivity contribution < 1.29 is 8.42 Å². The molecule has 0 amide bonds. The third-order valence-corrected chi connectivity index (χ3v) is 3.46. The lowest BCUT2D eigenvalue weighted by molar-refractivity contribution is 0.605. The van der Waals surface area contributed by atoms with Gasteiger partial charge < -0.3 is 0 Å². The molecule has 0 N–H and O–H groups in total. The molecule has 1 rings (SSSR count). The van der Waals surface area contributed by atoms with Gasteiger partial charge in [0.25, 0.3) is 0 Å². The second-order valence-electron chi connectivity index (χ2n) is 3.69. The van der Waals surface area contributed by atoms with E-state index in [9.17, 15) is 8.42 Å². The number of halogens is 1. The summed E-state index contributed by atoms with van der Waals surface area (Å²) in [7, 11) is 1.79. The maximum absolute atomic E-state index is 10.7. The van der Waals surface area contributed by atoms with Gasteiger partial charge in [-0.2, -0.15) is 0 Å². The normalized spacial score (nSPS) is 11.6. The van der Waals surface area contributed by atoms with Crippen LogP contribution in [-0.2, 0) is 15.5 Å². The smallest absolute Gasteiger partial charge is 0.212 e. The molecule has 1 aromatic carbocycles. The summed E-state index contributed by atoms with van der Waals surface area (Å²) in [5.74, 6) is 0.0699. The van der Waals surface area contributed by atoms with Gasteiger partial charge >= 0.3 is 0 Å². The molecule has 0 spiro atoms. The number of hydrogen-bond acceptors (Lipinski definition) is 2. The van der Waals surface area contributed by atoms with Crippen molar-refractivity contribution >= 4 is 19.7 Å². The highest BCUT2D eigenvalue weighted by Gasteiger charge is 2.03. The summed E-state index contributed by atoms with van der Waals surface area (Å²) in [5.41, 5.74) is 2.48. The standard InChI is InChI=1S/C11H15ClO2S/c1-10-5-7-11(8-6-10)4-2-3-9-15(12,13)14/h5-8H,2-4,9H2,1H3. The summed E-state index contributed by atoms with van der Waals surface area (Å²) in [6, 6.07) is 8.27. The fourth-order valence-corrected chi connectivity index (χ4v) is 2.23. The number of rotatable bonds is 5. The molecular formula is C11H15ClO2S. The first-order valence-electron chi connectivity index (χ1n) is 4.95. The summed E-state index contributed by atoms with van der Waals surface area (Å²) in [6.45, 7) is 2.05. The summed E-state index contributed by atoms with van der Waals surface area (Å²) in [4.78, 5) is 0. The zero-order valence-corrected chi connectivity index (χ0v) is 10.3. The van der Waals surface area contributed by atoms with Crippen molar-refractivity contribution in [3.05, 3.63) is 35.4 Å². The molecular weight excluding hydrogens is 232 g/mol. The van der Waals surface area contributed by atoms with E-state index in [-0.39, 0.29) is 5.75 Å². The molecule has 4 heteroatoms. The minimum absolute atomic E-state index is 0.0699. The highest BCUT2D eigenvalue weighted by molar-refractivity contribution is 8.13. The van der Waals surface area contributed by atoms with Crippen LogP contribution in [0.2, 0.25) is 0 Å². The van der Waals surface area contributed by atoms with E-state index in [0.29, 0.717) is 6.42 Å². The Balaban J connectivity index is 2.29. The van der Waals surface area contributed by atoms with Crippen molar-refractivity contribution in [3.63, 3.8) is 0 Å². The molecule has 0 radical (unpaired) electrons. The van der Waals surface area contributed by atoms with E-state index in [2.05, 4.69) is 24.3 Å². The van der Waals surface area contributed by atoms with Gasteiger partial charge in [-0.25, -0.2) is 8.42 Å². The quantitative estimate of drug-likeness (QED) is 0.591. The molecule has 0 aromatic heterocycles. The highest BCUT2D eigenvalue weighted by atomic mass is 35.7. The Morgan fingerprint density at radius 1 is 1.13 bits per heavy atom. The van der Waals surface area contributed by atoms with Crippen LogP contribution >= 0.6 is 10.7 Å². The molecule has 2 nitrogen and oxygen atoms in total. The largest absolute Gasteiger partial charge is 0.232 e. The van der Waals surface area contributed by atoms with E-state index >= 15 is 0 Å². The third kappa shape index (κ3) is 5.80. The monoisotopic (exact) mass is 246 g/mol. The molecule has 0 saturated carbocycles. The average Bonchev–Trinajstić information content (AvgIpc) is 2.14. The third-order valence-electron chi connectivity index (χ3n) is 2.22. The van der Waals surface area contributed by atoms with Crippen LogP contribution in [-0.4, -0.2) is 14.2 Å². The summed E-state index contributed by atoms with van der Waals surface area (Å²) >= 11 is 0. The van der Waals surface area contributed by atoms with Crippen molar-refractivity contribution in [1.82, 2.24) is 0 Å². The summed E-state index contributed by atoms with van der Waals surface area (Å²) < 4.78 is 21.3. The Morgan fingerprint density at radius 3 is 2.27 bits per heavy atom. The lowest BCUT2D eigenvalue weighted by Gasteiger charge is -2.01. The van der Waals surface area contributed by atoms with Crippen LogP contribution in [0.15, 0.2) is 24.3 Å². The van der Waals surface area contributed by atoms with Gasteiger partial charge in [0.1, 0.15) is 0 Å². The van der Waals surface area contributed by atoms with Crippen LogP contribution in [0.1, 0.15) is 24.0 Å². The number of unbranched alkanes of at least 4 members (excludes halogenated alkanes) is 1. The van der Waals surface area contributed by atoms with Crippen LogP contribution in [0.25, 0.3) is 0 Å². The molecule has 0 aliphatic rings. The van der Waals surface area contributed by atoms with Crippen molar-refractivity contribution in [2.45, 2.75) is 26.2 Å². The van der Waals surface area contributed by atoms with Crippen molar-refractivity contribution in [2.24, 2.45) is 0 Å². The Hall–Kier alpha value is -0.540. The zero-order valence-electron chi connectivity index (χ0n) is 8.74. The molecule has 84 valence electrons. The summed E-state index contributed by atoms with van der Waals surface area (Å²) in [6.07, 6.45) is 2.39. The van der Waals surface area contributed by atoms with Crippen molar-refractivity contribution in [3.8, 4) is 0 Å². The summed E-state index contributed by atoms with van der Waals surface area (Å²) in [5, 5.41) is 0. The van der Waals surface area contributed by atoms with Gasteiger partial charge in [-0.05, 0) is 31.7 Å². The number of benzene rings is 1. The van der Waals surface area contributed by atoms with E-state index in [1.54, 1.807) is 0 Å². The van der Waals surface area contributed by atoms with Gasteiger partial charge in [-0.1, -0.05) is 29.8 Å². The van der Waals surface area contributed by atoms with E-state index < -0.39 is 9.05 Å². The van der Waals surface area contributed by atoms with Gasteiger partial charge in [0.05, 0.1) is 5.75 Å². The maximum atomic E-state index is 10.7. The fraction of sp³-hybridized carbons (Fsp3) is 0.455. The number of hydrogen-bond donors (Lipinski definition) is 0. The molecule has 15 heavy (non-hydrogen) atoms. The first-order chi connectivity index (χ1) is 6.97. The van der Waals surface area contributed by atoms with E-state index in [1.807, 2.05) is 6.92 Å². The molecule has 0 fully saturated rings. The molecule has 1 aromatic rings. The topological polar surface area (TPSA) is 34.1 Å². The van der Waals surface area contributed by atoms with Gasteiger partial charge in [-0.15, -0.1) is 0 Å². The first kappa shape index (κ1) is 12.5. The zero-order chi connectivity index (χ0) is 11.3. The second kappa shape index (κ2) is 5.52. The Kier molecular flexibility index (Phi) is 4.61. The van der Waals surface area contributed by atoms with E-state index in [0.717, 1.165) is 12.8 Å². The molecule has 0 bridgehead atoms. The van der Waals surface area contributed by atoms with Crippen LogP contribution < -0.4 is 0 Å². The SMILES string of the molecule is Cc1ccc(CCCCS(=O)(=O)Cl)cc1. The predicted octanol–water partition coefficient (Wildman–Crippen LogP) is 2.89. The molecule has 0 aliphatic heterocycles. The van der Waals surface area contributed by atoms with Crippen LogP contribution in [0.4, 0.5) is 0 Å². The lowest BCUT2D eigenvalue weighted by atomic mass is 10.1. The number of aryl methyl sites for hydroxylation is 2. The molecule has 0 unspecified atom stereocenters. The van der Waals surface area contributed by atoms with Crippen molar-refractivity contribution in [1.29, 1.82) is 0 Å². The minimum atomic E-state index is -3.31. The van der Waals surface area contributed by atoms with Crippen molar-refractivity contribution in [2.75, 3.05) is 5.75 Å². The molecule has 0 saturated heterocycles. The minimum Gasteiger partial charge on any atom is -0.212 e. The Labute approximate surface area is 95.7 Å². The van der Waals surface area contributed by atoms with Gasteiger partial charge in [0, 0.05) is 10.7 Å². The Morgan fingerprint density at radius 2 is 1.73 bits per heavy atom. The first-order valence-corrected chi connectivity index (χ1v) is 7.43. The highest BCUT2D eigenvalue weighted by Crippen LogP contribution is 2.09. The molecule has 0 heterocycles. The molecule has 0 aliphatic carbocycles. The van der Waals surface area contributed by atoms with E-state index in [4.69, 9.17) is 10.7 Å². The fourth-order valence-electron chi connectivity index (χ4n) is 1.36. The average molecular weight is 247 g/mol. The van der Waals surface area contributed by atoms with Gasteiger partial charge in [0.15, 0.2) is 0 Å². The van der Waals surface area contributed by atoms with Crippen LogP contribution in [0.5, 0.6) is 0 Å². The van der Waals surface area contributed by atoms with Crippen LogP contribution in [0, 0.1) is 6.92 Å². The molecule has 0 atom stereocenters. The van der Waals surface area contributed by atoms with E-state index in [1.165, 1.54) is 11.1 Å². The van der Waals surface area contributed by atoms with Gasteiger partial charge in [0.2, 0.25) is 9.05 Å². The second-order valence-corrected chi connectivity index (χ2v) is 6.58. The predicted molar refractivity (Wildman–Crippen MR) is 63.8 cm³/mol. The lowest BCUT2D eigenvalue weighted by Crippen LogP contribution is -1.97. The maximum Gasteiger partial charge on any atom is 0.232 e.